The Morgan fingerprint density at radius 1 is 1.09 bits per heavy atom. The van der Waals surface area contributed by atoms with Crippen LogP contribution in [0.4, 0.5) is 10.1 Å². The molecule has 0 fully saturated rings. The largest absolute Gasteiger partial charge is 0.326 e. The van der Waals surface area contributed by atoms with Gasteiger partial charge in [0.25, 0.3) is 0 Å². The van der Waals surface area contributed by atoms with Crippen molar-refractivity contribution < 1.29 is 9.18 Å². The molecule has 2 nitrogen and oxygen atoms in total. The molecule has 2 aromatic carbocycles. The minimum Gasteiger partial charge on any atom is -0.326 e. The number of benzene rings is 2. The molecule has 1 N–H and O–H groups in total. The fourth-order valence-corrected chi connectivity index (χ4v) is 3.18. The molecule has 0 heterocycles. The molecular formula is C16H14Cl2FNOS. The Morgan fingerprint density at radius 2 is 1.73 bits per heavy atom. The molecule has 0 saturated carbocycles. The minimum atomic E-state index is -0.246. The fourth-order valence-electron chi connectivity index (χ4n) is 1.80. The van der Waals surface area contributed by atoms with Gasteiger partial charge in [0.05, 0.1) is 0 Å². The Morgan fingerprint density at radius 3 is 2.36 bits per heavy atom. The third-order valence-corrected chi connectivity index (χ3v) is 4.31. The Labute approximate surface area is 143 Å². The third kappa shape index (κ3) is 5.87. The summed E-state index contributed by atoms with van der Waals surface area (Å²) in [5.41, 5.74) is 0.591. The summed E-state index contributed by atoms with van der Waals surface area (Å²) in [4.78, 5) is 12.8. The van der Waals surface area contributed by atoms with Crippen LogP contribution in [-0.2, 0) is 4.79 Å². The van der Waals surface area contributed by atoms with Gasteiger partial charge in [0, 0.05) is 27.0 Å². The molecule has 1 amide bonds. The number of hydrogen-bond donors (Lipinski definition) is 1. The number of thioether (sulfide) groups is 1. The first-order valence-corrected chi connectivity index (χ1v) is 8.41. The predicted molar refractivity (Wildman–Crippen MR) is 91.4 cm³/mol. The second-order valence-electron chi connectivity index (χ2n) is 4.61. The van der Waals surface area contributed by atoms with Gasteiger partial charge in [-0.25, -0.2) is 4.39 Å². The fraction of sp³-hybridized carbons (Fsp3) is 0.188. The van der Waals surface area contributed by atoms with Gasteiger partial charge in [0.1, 0.15) is 5.82 Å². The van der Waals surface area contributed by atoms with E-state index in [1.807, 2.05) is 0 Å². The number of hydrogen-bond acceptors (Lipinski definition) is 2. The first kappa shape index (κ1) is 17.1. The summed E-state index contributed by atoms with van der Waals surface area (Å²) in [5, 5.41) is 3.73. The molecule has 0 saturated heterocycles. The maximum absolute atomic E-state index is 12.8. The second kappa shape index (κ2) is 8.42. The van der Waals surface area contributed by atoms with Crippen molar-refractivity contribution >= 4 is 46.6 Å². The summed E-state index contributed by atoms with van der Waals surface area (Å²) in [6.07, 6.45) is 1.13. The summed E-state index contributed by atoms with van der Waals surface area (Å²) >= 11 is 13.3. The van der Waals surface area contributed by atoms with Crippen molar-refractivity contribution in [1.29, 1.82) is 0 Å². The second-order valence-corrected chi connectivity index (χ2v) is 6.65. The zero-order valence-electron chi connectivity index (χ0n) is 11.6. The highest BCUT2D eigenvalue weighted by Gasteiger charge is 2.05. The summed E-state index contributed by atoms with van der Waals surface area (Å²) in [5.74, 6) is 0.456. The van der Waals surface area contributed by atoms with Crippen molar-refractivity contribution in [3.8, 4) is 0 Å². The number of halogens is 3. The van der Waals surface area contributed by atoms with Crippen LogP contribution >= 0.6 is 35.0 Å². The lowest BCUT2D eigenvalue weighted by molar-refractivity contribution is -0.116. The molecule has 0 unspecified atom stereocenters. The molecule has 0 spiro atoms. The van der Waals surface area contributed by atoms with Crippen LogP contribution in [0.2, 0.25) is 10.0 Å². The normalized spacial score (nSPS) is 10.5. The van der Waals surface area contributed by atoms with Crippen LogP contribution in [0.15, 0.2) is 47.4 Å². The number of nitrogens with one attached hydrogen (secondary N) is 1. The van der Waals surface area contributed by atoms with Gasteiger partial charge in [-0.2, -0.15) is 0 Å². The third-order valence-electron chi connectivity index (χ3n) is 2.78. The van der Waals surface area contributed by atoms with E-state index in [1.165, 1.54) is 12.1 Å². The summed E-state index contributed by atoms with van der Waals surface area (Å²) in [6, 6.07) is 11.2. The number of carbonyl (C=O) groups is 1. The van der Waals surface area contributed by atoms with Gasteiger partial charge >= 0.3 is 0 Å². The Kier molecular flexibility index (Phi) is 6.55. The van der Waals surface area contributed by atoms with Crippen molar-refractivity contribution in [2.45, 2.75) is 17.7 Å². The standard InChI is InChI=1S/C16H14Cl2FNOS/c17-11-8-12(18)10-14(9-11)20-16(21)2-1-7-22-15-5-3-13(19)4-6-15/h3-6,8-10H,1-2,7H2,(H,20,21). The van der Waals surface area contributed by atoms with E-state index in [1.54, 1.807) is 42.1 Å². The van der Waals surface area contributed by atoms with Gasteiger partial charge in [-0.1, -0.05) is 23.2 Å². The summed E-state index contributed by atoms with van der Waals surface area (Å²) in [7, 11) is 0. The molecule has 0 aliphatic rings. The Hall–Kier alpha value is -1.23. The smallest absolute Gasteiger partial charge is 0.224 e. The van der Waals surface area contributed by atoms with Crippen molar-refractivity contribution in [2.24, 2.45) is 0 Å². The number of carbonyl (C=O) groups excluding carboxylic acids is 1. The number of amides is 1. The van der Waals surface area contributed by atoms with Crippen LogP contribution in [0.25, 0.3) is 0 Å². The highest BCUT2D eigenvalue weighted by molar-refractivity contribution is 7.99. The zero-order valence-corrected chi connectivity index (χ0v) is 13.9. The molecule has 2 rings (SSSR count). The average Bonchev–Trinajstić information content (AvgIpc) is 2.44. The van der Waals surface area contributed by atoms with E-state index < -0.39 is 0 Å². The Bertz CT molecular complexity index is 629. The minimum absolute atomic E-state index is 0.0851. The molecule has 2 aromatic rings. The van der Waals surface area contributed by atoms with E-state index in [0.717, 1.165) is 17.1 Å². The van der Waals surface area contributed by atoms with Gasteiger partial charge < -0.3 is 5.32 Å². The zero-order chi connectivity index (χ0) is 15.9. The lowest BCUT2D eigenvalue weighted by atomic mass is 10.3. The monoisotopic (exact) mass is 357 g/mol. The van der Waals surface area contributed by atoms with Crippen LogP contribution in [-0.4, -0.2) is 11.7 Å². The molecule has 0 aliphatic heterocycles. The van der Waals surface area contributed by atoms with Crippen LogP contribution in [0.1, 0.15) is 12.8 Å². The molecule has 0 bridgehead atoms. The van der Waals surface area contributed by atoms with E-state index >= 15 is 0 Å². The highest BCUT2D eigenvalue weighted by atomic mass is 35.5. The SMILES string of the molecule is O=C(CCCSc1ccc(F)cc1)Nc1cc(Cl)cc(Cl)c1. The Balaban J connectivity index is 1.72. The maximum atomic E-state index is 12.8. The average molecular weight is 358 g/mol. The summed E-state index contributed by atoms with van der Waals surface area (Å²) in [6.45, 7) is 0. The molecule has 116 valence electrons. The van der Waals surface area contributed by atoms with E-state index in [2.05, 4.69) is 5.32 Å². The van der Waals surface area contributed by atoms with Crippen LogP contribution in [0.3, 0.4) is 0 Å². The van der Waals surface area contributed by atoms with Crippen molar-refractivity contribution in [1.82, 2.24) is 0 Å². The van der Waals surface area contributed by atoms with Crippen molar-refractivity contribution in [2.75, 3.05) is 11.1 Å². The number of rotatable bonds is 6. The molecular weight excluding hydrogens is 344 g/mol. The van der Waals surface area contributed by atoms with E-state index in [-0.39, 0.29) is 11.7 Å². The van der Waals surface area contributed by atoms with Crippen molar-refractivity contribution in [3.63, 3.8) is 0 Å². The number of anilines is 1. The molecule has 0 aromatic heterocycles. The maximum Gasteiger partial charge on any atom is 0.224 e. The van der Waals surface area contributed by atoms with Crippen LogP contribution in [0, 0.1) is 5.82 Å². The molecule has 0 atom stereocenters. The van der Waals surface area contributed by atoms with Gasteiger partial charge in [-0.15, -0.1) is 11.8 Å². The van der Waals surface area contributed by atoms with E-state index in [4.69, 9.17) is 23.2 Å². The molecule has 6 heteroatoms. The van der Waals surface area contributed by atoms with E-state index in [9.17, 15) is 9.18 Å². The highest BCUT2D eigenvalue weighted by Crippen LogP contribution is 2.23. The lowest BCUT2D eigenvalue weighted by Gasteiger charge is -2.06. The topological polar surface area (TPSA) is 29.1 Å². The molecule has 0 radical (unpaired) electrons. The first-order valence-electron chi connectivity index (χ1n) is 6.67. The molecule has 0 aliphatic carbocycles. The molecule has 22 heavy (non-hydrogen) atoms. The van der Waals surface area contributed by atoms with Gasteiger partial charge in [-0.05, 0) is 54.6 Å². The van der Waals surface area contributed by atoms with Gasteiger partial charge in [0.2, 0.25) is 5.91 Å². The predicted octanol–water partition coefficient (Wildman–Crippen LogP) is 5.64. The van der Waals surface area contributed by atoms with Gasteiger partial charge in [-0.3, -0.25) is 4.79 Å². The quantitative estimate of drug-likeness (QED) is 0.535. The van der Waals surface area contributed by atoms with Crippen LogP contribution in [0.5, 0.6) is 0 Å². The van der Waals surface area contributed by atoms with E-state index in [0.29, 0.717) is 22.2 Å². The van der Waals surface area contributed by atoms with Gasteiger partial charge in [0.15, 0.2) is 0 Å². The summed E-state index contributed by atoms with van der Waals surface area (Å²) < 4.78 is 12.8. The first-order chi connectivity index (χ1) is 10.5. The van der Waals surface area contributed by atoms with Crippen LogP contribution < -0.4 is 5.32 Å². The lowest BCUT2D eigenvalue weighted by Crippen LogP contribution is -2.11. The van der Waals surface area contributed by atoms with Crippen molar-refractivity contribution in [3.05, 3.63) is 58.3 Å².